The van der Waals surface area contributed by atoms with Gasteiger partial charge in [0, 0.05) is 5.92 Å². The molecule has 1 aromatic heterocycles. The fourth-order valence-electron chi connectivity index (χ4n) is 2.30. The maximum absolute atomic E-state index is 10.5. The smallest absolute Gasteiger partial charge is 0.377 e. The molecule has 0 bridgehead atoms. The van der Waals surface area contributed by atoms with Gasteiger partial charge in [-0.15, -0.1) is 0 Å². The SMILES string of the molecule is O=C(O)c1noc(C2CC(C3CC3)C2)n1. The molecule has 0 spiro atoms. The molecule has 0 atom stereocenters. The third-order valence-corrected chi connectivity index (χ3v) is 3.45. The number of aromatic carboxylic acids is 1. The van der Waals surface area contributed by atoms with E-state index < -0.39 is 5.97 Å². The zero-order valence-electron chi connectivity index (χ0n) is 8.22. The second-order valence-corrected chi connectivity index (χ2v) is 4.53. The lowest BCUT2D eigenvalue weighted by Gasteiger charge is -2.32. The average molecular weight is 208 g/mol. The number of carboxylic acids is 1. The minimum absolute atomic E-state index is 0.222. The lowest BCUT2D eigenvalue weighted by molar-refractivity contribution is 0.0680. The Bertz CT molecular complexity index is 391. The molecule has 1 aromatic rings. The molecule has 80 valence electrons. The van der Waals surface area contributed by atoms with E-state index in [1.807, 2.05) is 0 Å². The first-order valence-corrected chi connectivity index (χ1v) is 5.31. The van der Waals surface area contributed by atoms with Crippen molar-refractivity contribution >= 4 is 5.97 Å². The molecule has 0 aromatic carbocycles. The van der Waals surface area contributed by atoms with Gasteiger partial charge >= 0.3 is 5.97 Å². The summed E-state index contributed by atoms with van der Waals surface area (Å²) in [6, 6.07) is 0. The zero-order chi connectivity index (χ0) is 10.4. The Hall–Kier alpha value is -1.39. The molecule has 5 heteroatoms. The van der Waals surface area contributed by atoms with Crippen LogP contribution in [-0.2, 0) is 0 Å². The Labute approximate surface area is 86.5 Å². The van der Waals surface area contributed by atoms with E-state index in [4.69, 9.17) is 9.63 Å². The second-order valence-electron chi connectivity index (χ2n) is 4.53. The maximum Gasteiger partial charge on any atom is 0.377 e. The highest BCUT2D eigenvalue weighted by Crippen LogP contribution is 2.52. The van der Waals surface area contributed by atoms with Crippen molar-refractivity contribution in [3.05, 3.63) is 11.7 Å². The Balaban J connectivity index is 1.64. The summed E-state index contributed by atoms with van der Waals surface area (Å²) >= 11 is 0. The van der Waals surface area contributed by atoms with Crippen LogP contribution in [0.25, 0.3) is 0 Å². The van der Waals surface area contributed by atoms with Gasteiger partial charge in [-0.25, -0.2) is 4.79 Å². The first-order valence-electron chi connectivity index (χ1n) is 5.31. The van der Waals surface area contributed by atoms with E-state index in [0.29, 0.717) is 11.8 Å². The van der Waals surface area contributed by atoms with Crippen molar-refractivity contribution in [1.29, 1.82) is 0 Å². The van der Waals surface area contributed by atoms with Crippen LogP contribution in [-0.4, -0.2) is 21.2 Å². The number of rotatable bonds is 3. The Morgan fingerprint density at radius 1 is 1.33 bits per heavy atom. The quantitative estimate of drug-likeness (QED) is 0.817. The van der Waals surface area contributed by atoms with Crippen LogP contribution in [0.1, 0.15) is 48.1 Å². The Morgan fingerprint density at radius 2 is 2.07 bits per heavy atom. The summed E-state index contributed by atoms with van der Waals surface area (Å²) in [4.78, 5) is 14.4. The lowest BCUT2D eigenvalue weighted by atomic mass is 9.72. The van der Waals surface area contributed by atoms with Crippen LogP contribution in [0, 0.1) is 11.8 Å². The number of hydrogen-bond donors (Lipinski definition) is 1. The first kappa shape index (κ1) is 8.88. The van der Waals surface area contributed by atoms with Crippen molar-refractivity contribution in [1.82, 2.24) is 10.1 Å². The fourth-order valence-corrected chi connectivity index (χ4v) is 2.30. The molecule has 1 N–H and O–H groups in total. The van der Waals surface area contributed by atoms with Gasteiger partial charge in [-0.3, -0.25) is 0 Å². The van der Waals surface area contributed by atoms with Crippen molar-refractivity contribution in [2.24, 2.45) is 11.8 Å². The second kappa shape index (κ2) is 3.05. The van der Waals surface area contributed by atoms with E-state index >= 15 is 0 Å². The normalized spacial score (nSPS) is 29.9. The van der Waals surface area contributed by atoms with Crippen LogP contribution in [0.15, 0.2) is 4.52 Å². The Kier molecular flexibility index (Phi) is 1.81. The Morgan fingerprint density at radius 3 is 2.60 bits per heavy atom. The zero-order valence-corrected chi connectivity index (χ0v) is 8.22. The highest BCUT2D eigenvalue weighted by atomic mass is 16.5. The number of aromatic nitrogens is 2. The molecular formula is C10H12N2O3. The van der Waals surface area contributed by atoms with Gasteiger partial charge in [0.2, 0.25) is 5.89 Å². The standard InChI is InChI=1S/C10H12N2O3/c13-10(14)8-11-9(15-12-8)7-3-6(4-7)5-1-2-5/h5-7H,1-4H2,(H,13,14). The minimum atomic E-state index is -1.12. The van der Waals surface area contributed by atoms with Gasteiger partial charge in [-0.05, 0) is 42.7 Å². The third-order valence-electron chi connectivity index (χ3n) is 3.45. The number of nitrogens with zero attached hydrogens (tertiary/aromatic N) is 2. The molecule has 5 nitrogen and oxygen atoms in total. The minimum Gasteiger partial charge on any atom is -0.475 e. The molecule has 0 aliphatic heterocycles. The molecule has 2 aliphatic carbocycles. The monoisotopic (exact) mass is 208 g/mol. The van der Waals surface area contributed by atoms with Gasteiger partial charge in [-0.2, -0.15) is 4.98 Å². The number of carbonyl (C=O) groups is 1. The third kappa shape index (κ3) is 1.52. The molecule has 15 heavy (non-hydrogen) atoms. The van der Waals surface area contributed by atoms with Gasteiger partial charge in [0.15, 0.2) is 0 Å². The van der Waals surface area contributed by atoms with Gasteiger partial charge in [0.1, 0.15) is 0 Å². The van der Waals surface area contributed by atoms with Crippen molar-refractivity contribution in [3.8, 4) is 0 Å². The molecule has 3 rings (SSSR count). The molecule has 0 unspecified atom stereocenters. The van der Waals surface area contributed by atoms with Crippen molar-refractivity contribution < 1.29 is 14.4 Å². The van der Waals surface area contributed by atoms with Gasteiger partial charge < -0.3 is 9.63 Å². The van der Waals surface area contributed by atoms with Crippen molar-refractivity contribution in [2.75, 3.05) is 0 Å². The summed E-state index contributed by atoms with van der Waals surface area (Å²) in [5, 5.41) is 12.1. The molecular weight excluding hydrogens is 196 g/mol. The van der Waals surface area contributed by atoms with E-state index in [9.17, 15) is 4.79 Å². The first-order chi connectivity index (χ1) is 7.24. The molecule has 0 saturated heterocycles. The number of carboxylic acid groups (broad SMARTS) is 1. The van der Waals surface area contributed by atoms with Crippen LogP contribution in [0.2, 0.25) is 0 Å². The largest absolute Gasteiger partial charge is 0.475 e. The summed E-state index contributed by atoms with van der Waals surface area (Å²) in [6.07, 6.45) is 4.90. The van der Waals surface area contributed by atoms with E-state index in [1.54, 1.807) is 0 Å². The number of hydrogen-bond acceptors (Lipinski definition) is 4. The van der Waals surface area contributed by atoms with E-state index in [0.717, 1.165) is 24.7 Å². The molecule has 2 saturated carbocycles. The van der Waals surface area contributed by atoms with Gasteiger partial charge in [0.25, 0.3) is 5.82 Å². The summed E-state index contributed by atoms with van der Waals surface area (Å²) in [7, 11) is 0. The molecule has 0 amide bonds. The summed E-state index contributed by atoms with van der Waals surface area (Å²) < 4.78 is 4.94. The average Bonchev–Trinajstić information content (AvgIpc) is 2.80. The van der Waals surface area contributed by atoms with Crippen molar-refractivity contribution in [2.45, 2.75) is 31.6 Å². The van der Waals surface area contributed by atoms with Gasteiger partial charge in [-0.1, -0.05) is 0 Å². The summed E-state index contributed by atoms with van der Waals surface area (Å²) in [5.41, 5.74) is 0. The van der Waals surface area contributed by atoms with Gasteiger partial charge in [0.05, 0.1) is 0 Å². The molecule has 2 fully saturated rings. The lowest BCUT2D eigenvalue weighted by Crippen LogP contribution is -2.23. The van der Waals surface area contributed by atoms with E-state index in [2.05, 4.69) is 10.1 Å². The van der Waals surface area contributed by atoms with Crippen LogP contribution in [0.4, 0.5) is 0 Å². The van der Waals surface area contributed by atoms with Crippen molar-refractivity contribution in [3.63, 3.8) is 0 Å². The van der Waals surface area contributed by atoms with Crippen LogP contribution in [0.5, 0.6) is 0 Å². The van der Waals surface area contributed by atoms with E-state index in [1.165, 1.54) is 12.8 Å². The predicted molar refractivity (Wildman–Crippen MR) is 49.4 cm³/mol. The maximum atomic E-state index is 10.5. The summed E-state index contributed by atoms with van der Waals surface area (Å²) in [5.74, 6) is 1.20. The van der Waals surface area contributed by atoms with Crippen LogP contribution < -0.4 is 0 Å². The fraction of sp³-hybridized carbons (Fsp3) is 0.700. The molecule has 2 aliphatic rings. The topological polar surface area (TPSA) is 76.2 Å². The van der Waals surface area contributed by atoms with Crippen LogP contribution >= 0.6 is 0 Å². The van der Waals surface area contributed by atoms with E-state index in [-0.39, 0.29) is 5.82 Å². The highest BCUT2D eigenvalue weighted by molar-refractivity contribution is 5.82. The van der Waals surface area contributed by atoms with Crippen LogP contribution in [0.3, 0.4) is 0 Å². The summed E-state index contributed by atoms with van der Waals surface area (Å²) in [6.45, 7) is 0. The highest BCUT2D eigenvalue weighted by Gasteiger charge is 2.42. The predicted octanol–water partition coefficient (Wildman–Crippen LogP) is 1.67. The molecule has 1 heterocycles. The molecule has 0 radical (unpaired) electrons.